The molecule has 0 heterocycles. The lowest BCUT2D eigenvalue weighted by Crippen LogP contribution is -2.08. The Kier molecular flexibility index (Phi) is 16.1. The van der Waals surface area contributed by atoms with Gasteiger partial charge in [-0.3, -0.25) is 4.79 Å². The molecule has 0 aliphatic rings. The van der Waals surface area contributed by atoms with Crippen molar-refractivity contribution < 1.29 is 9.90 Å². The standard InChI is InChI=1S/C21H36O2/c1-3-4-5-6-7-8-9-10-11-12-13-14-15-16-17-18-19-20(2)21(22)23/h7-10,13-14,20H,3-6,11-12,15-19H2,1-2H3,(H,22,23)/b8-7+,10-9+,14-13+. The molecule has 0 spiro atoms. The van der Waals surface area contributed by atoms with Gasteiger partial charge >= 0.3 is 5.97 Å². The fourth-order valence-electron chi connectivity index (χ4n) is 2.30. The summed E-state index contributed by atoms with van der Waals surface area (Å²) < 4.78 is 0. The van der Waals surface area contributed by atoms with Gasteiger partial charge in [0.2, 0.25) is 0 Å². The van der Waals surface area contributed by atoms with Crippen LogP contribution in [0.2, 0.25) is 0 Å². The van der Waals surface area contributed by atoms with E-state index in [0.29, 0.717) is 0 Å². The summed E-state index contributed by atoms with van der Waals surface area (Å²) in [4.78, 5) is 10.7. The van der Waals surface area contributed by atoms with Crippen LogP contribution >= 0.6 is 0 Å². The zero-order chi connectivity index (χ0) is 17.2. The molecule has 0 aromatic rings. The quantitative estimate of drug-likeness (QED) is 0.207. The molecule has 0 fully saturated rings. The molecule has 0 saturated heterocycles. The highest BCUT2D eigenvalue weighted by atomic mass is 16.4. The Labute approximate surface area is 143 Å². The number of hydrogen-bond acceptors (Lipinski definition) is 1. The number of rotatable bonds is 15. The van der Waals surface area contributed by atoms with Crippen LogP contribution in [-0.4, -0.2) is 11.1 Å². The average Bonchev–Trinajstić information content (AvgIpc) is 2.54. The molecule has 0 aliphatic carbocycles. The summed E-state index contributed by atoms with van der Waals surface area (Å²) in [7, 11) is 0. The Morgan fingerprint density at radius 1 is 0.826 bits per heavy atom. The van der Waals surface area contributed by atoms with Gasteiger partial charge in [-0.1, -0.05) is 76.0 Å². The fourth-order valence-corrected chi connectivity index (χ4v) is 2.30. The summed E-state index contributed by atoms with van der Waals surface area (Å²) in [5, 5.41) is 8.79. The van der Waals surface area contributed by atoms with Gasteiger partial charge in [0.25, 0.3) is 0 Å². The molecule has 0 amide bonds. The van der Waals surface area contributed by atoms with Gasteiger partial charge in [-0.25, -0.2) is 0 Å². The highest BCUT2D eigenvalue weighted by molar-refractivity contribution is 5.69. The zero-order valence-corrected chi connectivity index (χ0v) is 15.2. The highest BCUT2D eigenvalue weighted by Crippen LogP contribution is 2.11. The van der Waals surface area contributed by atoms with Gasteiger partial charge < -0.3 is 5.11 Å². The zero-order valence-electron chi connectivity index (χ0n) is 15.2. The first kappa shape index (κ1) is 21.7. The van der Waals surface area contributed by atoms with E-state index in [-0.39, 0.29) is 5.92 Å². The van der Waals surface area contributed by atoms with Crippen LogP contribution in [0.4, 0.5) is 0 Å². The molecule has 2 heteroatoms. The van der Waals surface area contributed by atoms with Gasteiger partial charge in [0.15, 0.2) is 0 Å². The van der Waals surface area contributed by atoms with Crippen LogP contribution in [0.1, 0.15) is 84.5 Å². The Hall–Kier alpha value is -1.31. The van der Waals surface area contributed by atoms with Crippen LogP contribution < -0.4 is 0 Å². The minimum absolute atomic E-state index is 0.196. The normalized spacial score (nSPS) is 13.5. The Morgan fingerprint density at radius 2 is 1.39 bits per heavy atom. The van der Waals surface area contributed by atoms with Crippen molar-refractivity contribution in [3.8, 4) is 0 Å². The molecule has 0 aliphatic heterocycles. The SMILES string of the molecule is CCCCC/C=C/C=C/CC/C=C/CCCCCC(C)C(=O)O. The number of carboxylic acids is 1. The Morgan fingerprint density at radius 3 is 2.09 bits per heavy atom. The molecule has 0 radical (unpaired) electrons. The average molecular weight is 321 g/mol. The number of allylic oxidation sites excluding steroid dienone is 6. The van der Waals surface area contributed by atoms with Gasteiger partial charge in [0.1, 0.15) is 0 Å². The minimum atomic E-state index is -0.672. The van der Waals surface area contributed by atoms with Crippen LogP contribution in [0.15, 0.2) is 36.5 Å². The maximum absolute atomic E-state index is 10.7. The summed E-state index contributed by atoms with van der Waals surface area (Å²) in [5.74, 6) is -0.869. The molecule has 23 heavy (non-hydrogen) atoms. The number of carboxylic acid groups (broad SMARTS) is 1. The van der Waals surface area contributed by atoms with Crippen molar-refractivity contribution >= 4 is 5.97 Å². The predicted octanol–water partition coefficient (Wildman–Crippen LogP) is 6.69. The van der Waals surface area contributed by atoms with Gasteiger partial charge in [0.05, 0.1) is 5.92 Å². The summed E-state index contributed by atoms with van der Waals surface area (Å²) in [6.45, 7) is 4.02. The largest absolute Gasteiger partial charge is 0.481 e. The number of hydrogen-bond donors (Lipinski definition) is 1. The molecular formula is C21H36O2. The molecule has 1 unspecified atom stereocenters. The van der Waals surface area contributed by atoms with E-state index < -0.39 is 5.97 Å². The Bertz CT molecular complexity index is 353. The van der Waals surface area contributed by atoms with Crippen LogP contribution in [0.3, 0.4) is 0 Å². The first-order valence-electron chi connectivity index (χ1n) is 9.38. The third kappa shape index (κ3) is 16.9. The van der Waals surface area contributed by atoms with Gasteiger partial charge in [-0.15, -0.1) is 0 Å². The highest BCUT2D eigenvalue weighted by Gasteiger charge is 2.08. The smallest absolute Gasteiger partial charge is 0.306 e. The van der Waals surface area contributed by atoms with E-state index in [2.05, 4.69) is 43.4 Å². The first-order valence-corrected chi connectivity index (χ1v) is 9.38. The van der Waals surface area contributed by atoms with E-state index in [1.807, 2.05) is 0 Å². The molecule has 0 rings (SSSR count). The third-order valence-corrected chi connectivity index (χ3v) is 3.95. The van der Waals surface area contributed by atoms with Crippen molar-refractivity contribution in [2.24, 2.45) is 5.92 Å². The predicted molar refractivity (Wildman–Crippen MR) is 101 cm³/mol. The van der Waals surface area contributed by atoms with Crippen LogP contribution in [0.5, 0.6) is 0 Å². The lowest BCUT2D eigenvalue weighted by atomic mass is 10.0. The molecular weight excluding hydrogens is 284 g/mol. The van der Waals surface area contributed by atoms with Crippen LogP contribution in [0.25, 0.3) is 0 Å². The molecule has 1 N–H and O–H groups in total. The third-order valence-electron chi connectivity index (χ3n) is 3.95. The van der Waals surface area contributed by atoms with Crippen molar-refractivity contribution in [1.29, 1.82) is 0 Å². The molecule has 1 atom stereocenters. The summed E-state index contributed by atoms with van der Waals surface area (Å²) >= 11 is 0. The number of unbranched alkanes of at least 4 members (excludes halogenated alkanes) is 7. The van der Waals surface area contributed by atoms with Crippen LogP contribution in [-0.2, 0) is 4.79 Å². The second-order valence-electron chi connectivity index (χ2n) is 6.28. The molecule has 0 saturated carbocycles. The van der Waals surface area contributed by atoms with E-state index in [9.17, 15) is 4.79 Å². The second kappa shape index (κ2) is 17.1. The van der Waals surface area contributed by atoms with E-state index in [1.54, 1.807) is 6.92 Å². The Balaban J connectivity index is 3.36. The molecule has 0 aromatic heterocycles. The molecule has 0 bridgehead atoms. The minimum Gasteiger partial charge on any atom is -0.481 e. The lowest BCUT2D eigenvalue weighted by molar-refractivity contribution is -0.141. The maximum Gasteiger partial charge on any atom is 0.306 e. The second-order valence-corrected chi connectivity index (χ2v) is 6.28. The summed E-state index contributed by atoms with van der Waals surface area (Å²) in [6.07, 6.45) is 25.9. The molecule has 132 valence electrons. The topological polar surface area (TPSA) is 37.3 Å². The van der Waals surface area contributed by atoms with Gasteiger partial charge in [-0.2, -0.15) is 0 Å². The van der Waals surface area contributed by atoms with Crippen molar-refractivity contribution in [2.75, 3.05) is 0 Å². The maximum atomic E-state index is 10.7. The van der Waals surface area contributed by atoms with E-state index in [4.69, 9.17) is 5.11 Å². The number of carbonyl (C=O) groups is 1. The van der Waals surface area contributed by atoms with Gasteiger partial charge in [0, 0.05) is 0 Å². The summed E-state index contributed by atoms with van der Waals surface area (Å²) in [6, 6.07) is 0. The molecule has 0 aromatic carbocycles. The van der Waals surface area contributed by atoms with Crippen molar-refractivity contribution in [2.45, 2.75) is 84.5 Å². The van der Waals surface area contributed by atoms with Crippen molar-refractivity contribution in [3.63, 3.8) is 0 Å². The monoisotopic (exact) mass is 320 g/mol. The van der Waals surface area contributed by atoms with Crippen molar-refractivity contribution in [1.82, 2.24) is 0 Å². The lowest BCUT2D eigenvalue weighted by Gasteiger charge is -2.04. The summed E-state index contributed by atoms with van der Waals surface area (Å²) in [5.41, 5.74) is 0. The van der Waals surface area contributed by atoms with E-state index >= 15 is 0 Å². The fraction of sp³-hybridized carbons (Fsp3) is 0.667. The molecule has 2 nitrogen and oxygen atoms in total. The van der Waals surface area contributed by atoms with E-state index in [1.165, 1.54) is 32.1 Å². The number of aliphatic carboxylic acids is 1. The van der Waals surface area contributed by atoms with E-state index in [0.717, 1.165) is 38.5 Å². The van der Waals surface area contributed by atoms with Gasteiger partial charge in [-0.05, 0) is 44.9 Å². The first-order chi connectivity index (χ1) is 11.2. The van der Waals surface area contributed by atoms with Crippen molar-refractivity contribution in [3.05, 3.63) is 36.5 Å². The van der Waals surface area contributed by atoms with Crippen LogP contribution in [0, 0.1) is 5.92 Å².